The van der Waals surface area contributed by atoms with Crippen molar-refractivity contribution < 1.29 is 18.7 Å². The Labute approximate surface area is 119 Å². The van der Waals surface area contributed by atoms with E-state index in [0.29, 0.717) is 5.69 Å². The van der Waals surface area contributed by atoms with Crippen molar-refractivity contribution in [2.24, 2.45) is 0 Å². The van der Waals surface area contributed by atoms with Gasteiger partial charge in [0.2, 0.25) is 5.69 Å². The second-order valence-corrected chi connectivity index (χ2v) is 3.93. The van der Waals surface area contributed by atoms with Gasteiger partial charge in [0.15, 0.2) is 0 Å². The summed E-state index contributed by atoms with van der Waals surface area (Å²) < 4.78 is 10.8. The van der Waals surface area contributed by atoms with Crippen LogP contribution in [0.1, 0.15) is 12.6 Å². The molecule has 0 aliphatic rings. The maximum Gasteiger partial charge on any atom is 0.435 e. The largest absolute Gasteiger partial charge is 0.462 e. The number of nitrogens with one attached hydrogen (secondary N) is 1. The van der Waals surface area contributed by atoms with Gasteiger partial charge in [0.25, 0.3) is 0 Å². The molecule has 0 fully saturated rings. The third kappa shape index (κ3) is 3.06. The number of para-hydroxylation sites is 1. The van der Waals surface area contributed by atoms with E-state index < -0.39 is 11.6 Å². The van der Waals surface area contributed by atoms with Gasteiger partial charge in [-0.15, -0.1) is 0 Å². The van der Waals surface area contributed by atoms with E-state index in [-0.39, 0.29) is 17.9 Å². The first-order valence-corrected chi connectivity index (χ1v) is 6.15. The van der Waals surface area contributed by atoms with Crippen LogP contribution in [-0.2, 0) is 9.53 Å². The Balaban J connectivity index is 2.50. The zero-order valence-electron chi connectivity index (χ0n) is 11.2. The number of carbonyl (C=O) groups is 1. The van der Waals surface area contributed by atoms with Gasteiger partial charge in [0.1, 0.15) is 11.6 Å². The fourth-order valence-corrected chi connectivity index (χ4v) is 1.65. The molecule has 0 saturated heterocycles. The molecule has 7 heteroatoms. The van der Waals surface area contributed by atoms with Gasteiger partial charge in [-0.25, -0.2) is 9.59 Å². The highest BCUT2D eigenvalue weighted by Crippen LogP contribution is 2.04. The standard InChI is InChI=1S/C14H11N3O4/c1-2-20-13(18)10(9-15)8-12-14(19)21-16-17(12)11-6-4-3-5-7-11/h3-8H,2H2,1H3/p+1. The Morgan fingerprint density at radius 3 is 2.81 bits per heavy atom. The lowest BCUT2D eigenvalue weighted by molar-refractivity contribution is -0.672. The summed E-state index contributed by atoms with van der Waals surface area (Å²) in [6.45, 7) is 1.76. The van der Waals surface area contributed by atoms with E-state index >= 15 is 0 Å². The molecular weight excluding hydrogens is 274 g/mol. The number of hydrogen-bond acceptors (Lipinski definition) is 5. The molecule has 7 nitrogen and oxygen atoms in total. The molecule has 0 bridgehead atoms. The third-order valence-corrected chi connectivity index (χ3v) is 2.59. The van der Waals surface area contributed by atoms with Gasteiger partial charge < -0.3 is 4.74 Å². The first-order chi connectivity index (χ1) is 10.2. The number of ether oxygens (including phenoxy) is 1. The summed E-state index contributed by atoms with van der Waals surface area (Å²) in [5.74, 6) is -0.791. The van der Waals surface area contributed by atoms with Crippen LogP contribution in [0.25, 0.3) is 11.8 Å². The smallest absolute Gasteiger partial charge is 0.435 e. The fourth-order valence-electron chi connectivity index (χ4n) is 1.65. The van der Waals surface area contributed by atoms with Gasteiger partial charge in [-0.2, -0.15) is 5.26 Å². The number of esters is 1. The maximum absolute atomic E-state index is 11.7. The monoisotopic (exact) mass is 286 g/mol. The SMILES string of the molecule is CCOC(=O)/C(C#N)=C/c1c(=O)o[nH][n+]1-c1ccccc1. The molecular formula is C14H12N3O4+. The van der Waals surface area contributed by atoms with Crippen molar-refractivity contribution >= 4 is 12.0 Å². The van der Waals surface area contributed by atoms with E-state index in [4.69, 9.17) is 14.5 Å². The van der Waals surface area contributed by atoms with Gasteiger partial charge in [-0.05, 0) is 16.9 Å². The molecule has 0 aliphatic carbocycles. The minimum atomic E-state index is -0.791. The Morgan fingerprint density at radius 2 is 2.19 bits per heavy atom. The predicted octanol–water partition coefficient (Wildman–Crippen LogP) is 0.715. The third-order valence-electron chi connectivity index (χ3n) is 2.59. The lowest BCUT2D eigenvalue weighted by Crippen LogP contribution is -2.37. The summed E-state index contributed by atoms with van der Waals surface area (Å²) in [6, 6.07) is 10.5. The van der Waals surface area contributed by atoms with E-state index in [1.54, 1.807) is 37.3 Å². The molecule has 0 atom stereocenters. The molecule has 0 amide bonds. The van der Waals surface area contributed by atoms with Crippen molar-refractivity contribution in [1.29, 1.82) is 5.26 Å². The molecule has 0 unspecified atom stereocenters. The summed E-state index contributed by atoms with van der Waals surface area (Å²) >= 11 is 0. The average molecular weight is 286 g/mol. The highest BCUT2D eigenvalue weighted by Gasteiger charge is 2.23. The molecule has 1 heterocycles. The van der Waals surface area contributed by atoms with Crippen LogP contribution >= 0.6 is 0 Å². The van der Waals surface area contributed by atoms with Crippen LogP contribution in [0.2, 0.25) is 0 Å². The zero-order chi connectivity index (χ0) is 15.2. The van der Waals surface area contributed by atoms with Crippen LogP contribution in [0.15, 0.2) is 45.2 Å². The summed E-state index contributed by atoms with van der Waals surface area (Å²) in [5.41, 5.74) is -0.342. The Morgan fingerprint density at radius 1 is 1.48 bits per heavy atom. The number of rotatable bonds is 4. The van der Waals surface area contributed by atoms with Crippen LogP contribution in [0.4, 0.5) is 0 Å². The Kier molecular flexibility index (Phi) is 4.31. The predicted molar refractivity (Wildman–Crippen MR) is 71.1 cm³/mol. The number of benzene rings is 1. The number of hydrogen-bond donors (Lipinski definition) is 1. The van der Waals surface area contributed by atoms with Crippen LogP contribution in [0.3, 0.4) is 0 Å². The molecule has 21 heavy (non-hydrogen) atoms. The maximum atomic E-state index is 11.7. The first-order valence-electron chi connectivity index (χ1n) is 6.15. The van der Waals surface area contributed by atoms with Gasteiger partial charge in [0.05, 0.1) is 6.61 Å². The molecule has 0 radical (unpaired) electrons. The van der Waals surface area contributed by atoms with Gasteiger partial charge in [0, 0.05) is 18.2 Å². The summed E-state index contributed by atoms with van der Waals surface area (Å²) in [4.78, 5) is 23.3. The van der Waals surface area contributed by atoms with E-state index in [1.165, 1.54) is 4.68 Å². The minimum Gasteiger partial charge on any atom is -0.462 e. The normalized spacial score (nSPS) is 11.0. The topological polar surface area (TPSA) is 100.0 Å². The van der Waals surface area contributed by atoms with Gasteiger partial charge in [-0.1, -0.05) is 18.2 Å². The van der Waals surface area contributed by atoms with E-state index in [1.807, 2.05) is 6.07 Å². The average Bonchev–Trinajstić information content (AvgIpc) is 2.86. The van der Waals surface area contributed by atoms with E-state index in [2.05, 4.69) is 5.27 Å². The van der Waals surface area contributed by atoms with Crippen molar-refractivity contribution in [3.05, 3.63) is 52.0 Å². The molecule has 0 spiro atoms. The van der Waals surface area contributed by atoms with E-state index in [0.717, 1.165) is 6.08 Å². The molecule has 2 aromatic rings. The second kappa shape index (κ2) is 6.34. The van der Waals surface area contributed by atoms with Crippen LogP contribution in [0.5, 0.6) is 0 Å². The minimum absolute atomic E-state index is 0.0193. The number of aromatic nitrogens is 2. The van der Waals surface area contributed by atoms with Crippen molar-refractivity contribution in [2.75, 3.05) is 6.61 Å². The van der Waals surface area contributed by atoms with Gasteiger partial charge in [-0.3, -0.25) is 4.52 Å². The van der Waals surface area contributed by atoms with Crippen molar-refractivity contribution in [3.8, 4) is 11.8 Å². The zero-order valence-corrected chi connectivity index (χ0v) is 11.2. The second-order valence-electron chi connectivity index (χ2n) is 3.93. The molecule has 1 aromatic heterocycles. The highest BCUT2D eigenvalue weighted by atomic mass is 16.5. The first kappa shape index (κ1) is 14.3. The van der Waals surface area contributed by atoms with Crippen LogP contribution < -0.4 is 10.3 Å². The number of nitriles is 1. The Hall–Kier alpha value is -3.14. The number of nitrogens with zero attached hydrogens (tertiary/aromatic N) is 2. The van der Waals surface area contributed by atoms with Crippen molar-refractivity contribution in [2.45, 2.75) is 6.92 Å². The molecule has 2 rings (SSSR count). The highest BCUT2D eigenvalue weighted by molar-refractivity contribution is 5.97. The van der Waals surface area contributed by atoms with Crippen molar-refractivity contribution in [1.82, 2.24) is 5.27 Å². The van der Waals surface area contributed by atoms with Crippen LogP contribution in [0, 0.1) is 11.3 Å². The fraction of sp³-hybridized carbons (Fsp3) is 0.143. The Bertz CT molecular complexity index is 766. The van der Waals surface area contributed by atoms with Gasteiger partial charge >= 0.3 is 17.3 Å². The quantitative estimate of drug-likeness (QED) is 0.386. The van der Waals surface area contributed by atoms with Crippen molar-refractivity contribution in [3.63, 3.8) is 0 Å². The summed E-state index contributed by atoms with van der Waals surface area (Å²) in [6.07, 6.45) is 1.13. The summed E-state index contributed by atoms with van der Waals surface area (Å²) in [7, 11) is 0. The molecule has 1 N–H and O–H groups in total. The summed E-state index contributed by atoms with van der Waals surface area (Å²) in [5, 5.41) is 11.4. The molecule has 106 valence electrons. The number of carbonyl (C=O) groups excluding carboxylic acids is 1. The lowest BCUT2D eigenvalue weighted by Gasteiger charge is -1.97. The number of H-pyrrole nitrogens is 1. The van der Waals surface area contributed by atoms with Crippen LogP contribution in [-0.4, -0.2) is 17.8 Å². The molecule has 1 aromatic carbocycles. The molecule has 0 saturated carbocycles. The van der Waals surface area contributed by atoms with E-state index in [9.17, 15) is 9.59 Å². The lowest BCUT2D eigenvalue weighted by atomic mass is 10.2. The number of aromatic amines is 1. The molecule has 0 aliphatic heterocycles.